The number of imide groups is 1. The van der Waals surface area contributed by atoms with E-state index in [0.717, 1.165) is 4.90 Å². The molecule has 0 spiro atoms. The second-order valence-corrected chi connectivity index (χ2v) is 6.15. The van der Waals surface area contributed by atoms with E-state index in [-0.39, 0.29) is 12.5 Å². The van der Waals surface area contributed by atoms with Gasteiger partial charge in [-0.15, -0.1) is 0 Å². The zero-order chi connectivity index (χ0) is 16.3. The highest BCUT2D eigenvalue weighted by Gasteiger charge is 2.38. The number of benzene rings is 1. The van der Waals surface area contributed by atoms with E-state index in [9.17, 15) is 14.4 Å². The molecule has 0 bridgehead atoms. The normalized spacial score (nSPS) is 18.2. The molecule has 0 saturated carbocycles. The molecule has 2 rings (SSSR count). The van der Waals surface area contributed by atoms with Crippen molar-refractivity contribution in [2.24, 2.45) is 0 Å². The van der Waals surface area contributed by atoms with E-state index in [1.807, 2.05) is 6.07 Å². The molecule has 1 saturated heterocycles. The van der Waals surface area contributed by atoms with Crippen LogP contribution in [0, 0.1) is 0 Å². The molecule has 6 heteroatoms. The summed E-state index contributed by atoms with van der Waals surface area (Å²) < 4.78 is 5.18. The summed E-state index contributed by atoms with van der Waals surface area (Å²) in [5.41, 5.74) is -0.186. The van der Waals surface area contributed by atoms with Gasteiger partial charge in [-0.05, 0) is 39.3 Å². The molecule has 118 valence electrons. The Hall–Kier alpha value is -2.37. The molecule has 1 aromatic rings. The molecule has 6 nitrogen and oxygen atoms in total. The summed E-state index contributed by atoms with van der Waals surface area (Å²) in [6.45, 7) is 5.45. The predicted molar refractivity (Wildman–Crippen MR) is 80.3 cm³/mol. The molecule has 1 fully saturated rings. The third-order valence-electron chi connectivity index (χ3n) is 3.16. The van der Waals surface area contributed by atoms with E-state index in [1.54, 1.807) is 45.0 Å². The molecule has 1 N–H and O–H groups in total. The largest absolute Gasteiger partial charge is 0.443 e. The Morgan fingerprint density at radius 3 is 2.45 bits per heavy atom. The summed E-state index contributed by atoms with van der Waals surface area (Å²) in [5.74, 6) is -0.761. The summed E-state index contributed by atoms with van der Waals surface area (Å²) in [6.07, 6.45) is -0.287. The number of hydrogen-bond acceptors (Lipinski definition) is 4. The molecule has 0 aromatic heterocycles. The van der Waals surface area contributed by atoms with Crippen molar-refractivity contribution in [3.63, 3.8) is 0 Å². The third kappa shape index (κ3) is 3.84. The van der Waals surface area contributed by atoms with Gasteiger partial charge in [-0.2, -0.15) is 0 Å². The summed E-state index contributed by atoms with van der Waals surface area (Å²) in [4.78, 5) is 37.2. The van der Waals surface area contributed by atoms with Crippen LogP contribution in [-0.2, 0) is 9.53 Å². The van der Waals surface area contributed by atoms with Gasteiger partial charge in [-0.25, -0.2) is 9.69 Å². The van der Waals surface area contributed by atoms with E-state index >= 15 is 0 Å². The van der Waals surface area contributed by atoms with Crippen LogP contribution in [0.3, 0.4) is 0 Å². The maximum absolute atomic E-state index is 12.2. The standard InChI is InChI=1S/C16H20N2O4/c1-16(2,3)22-15(21)18-10-9-12(14(18)20)17-13(19)11-7-5-4-6-8-11/h4-8,12H,9-10H2,1-3H3,(H,17,19). The number of hydrogen-bond donors (Lipinski definition) is 1. The van der Waals surface area contributed by atoms with Crippen molar-refractivity contribution in [3.05, 3.63) is 35.9 Å². The number of likely N-dealkylation sites (tertiary alicyclic amines) is 1. The molecule has 1 atom stereocenters. The van der Waals surface area contributed by atoms with E-state index in [4.69, 9.17) is 4.74 Å². The zero-order valence-electron chi connectivity index (χ0n) is 13.0. The highest BCUT2D eigenvalue weighted by molar-refractivity contribution is 6.01. The van der Waals surface area contributed by atoms with E-state index in [0.29, 0.717) is 12.0 Å². The fraction of sp³-hybridized carbons (Fsp3) is 0.438. The van der Waals surface area contributed by atoms with Gasteiger partial charge in [0.1, 0.15) is 11.6 Å². The van der Waals surface area contributed by atoms with Crippen LogP contribution in [-0.4, -0.2) is 41.0 Å². The van der Waals surface area contributed by atoms with Gasteiger partial charge in [-0.1, -0.05) is 18.2 Å². The lowest BCUT2D eigenvalue weighted by atomic mass is 10.2. The van der Waals surface area contributed by atoms with Crippen LogP contribution in [0.1, 0.15) is 37.6 Å². The fourth-order valence-electron chi connectivity index (χ4n) is 2.14. The number of nitrogens with zero attached hydrogens (tertiary/aromatic N) is 1. The monoisotopic (exact) mass is 304 g/mol. The topological polar surface area (TPSA) is 75.7 Å². The van der Waals surface area contributed by atoms with Crippen LogP contribution >= 0.6 is 0 Å². The summed E-state index contributed by atoms with van der Waals surface area (Å²) >= 11 is 0. The van der Waals surface area contributed by atoms with Crippen LogP contribution in [0.25, 0.3) is 0 Å². The van der Waals surface area contributed by atoms with Gasteiger partial charge < -0.3 is 10.1 Å². The van der Waals surface area contributed by atoms with Crippen LogP contribution in [0.4, 0.5) is 4.79 Å². The Labute approximate surface area is 129 Å². The first-order valence-electron chi connectivity index (χ1n) is 7.18. The maximum Gasteiger partial charge on any atom is 0.417 e. The molecule has 1 aliphatic rings. The second kappa shape index (κ2) is 6.17. The van der Waals surface area contributed by atoms with Crippen molar-refractivity contribution in [1.29, 1.82) is 0 Å². The van der Waals surface area contributed by atoms with E-state index < -0.39 is 23.6 Å². The molecule has 0 aliphatic carbocycles. The van der Waals surface area contributed by atoms with Gasteiger partial charge in [0.05, 0.1) is 0 Å². The van der Waals surface area contributed by atoms with Gasteiger partial charge in [0, 0.05) is 12.1 Å². The lowest BCUT2D eigenvalue weighted by Gasteiger charge is -2.23. The predicted octanol–water partition coefficient (Wildman–Crippen LogP) is 1.95. The highest BCUT2D eigenvalue weighted by Crippen LogP contribution is 2.17. The Balaban J connectivity index is 1.97. The SMILES string of the molecule is CC(C)(C)OC(=O)N1CCC(NC(=O)c2ccccc2)C1=O. The molecule has 22 heavy (non-hydrogen) atoms. The molecule has 1 heterocycles. The minimum absolute atomic E-state index is 0.244. The van der Waals surface area contributed by atoms with Crippen molar-refractivity contribution in [2.45, 2.75) is 38.8 Å². The number of carbonyl (C=O) groups is 3. The fourth-order valence-corrected chi connectivity index (χ4v) is 2.14. The molecule has 1 aromatic carbocycles. The van der Waals surface area contributed by atoms with Crippen LogP contribution in [0.5, 0.6) is 0 Å². The number of nitrogens with one attached hydrogen (secondary N) is 1. The van der Waals surface area contributed by atoms with E-state index in [2.05, 4.69) is 5.32 Å². The maximum atomic E-state index is 12.2. The van der Waals surface area contributed by atoms with Crippen LogP contribution in [0.15, 0.2) is 30.3 Å². The highest BCUT2D eigenvalue weighted by atomic mass is 16.6. The lowest BCUT2D eigenvalue weighted by molar-refractivity contribution is -0.128. The van der Waals surface area contributed by atoms with Gasteiger partial charge in [0.15, 0.2) is 0 Å². The van der Waals surface area contributed by atoms with Gasteiger partial charge in [0.2, 0.25) is 0 Å². The number of carbonyl (C=O) groups excluding carboxylic acids is 3. The smallest absolute Gasteiger partial charge is 0.417 e. The molecule has 1 aliphatic heterocycles. The molecule has 0 radical (unpaired) electrons. The van der Waals surface area contributed by atoms with Crippen LogP contribution in [0.2, 0.25) is 0 Å². The first kappa shape index (κ1) is 16.0. The van der Waals surface area contributed by atoms with Crippen LogP contribution < -0.4 is 5.32 Å². The van der Waals surface area contributed by atoms with Gasteiger partial charge in [-0.3, -0.25) is 9.59 Å². The summed E-state index contributed by atoms with van der Waals surface area (Å²) in [6, 6.07) is 7.94. The first-order chi connectivity index (χ1) is 10.3. The molecule has 3 amide bonds. The third-order valence-corrected chi connectivity index (χ3v) is 3.16. The van der Waals surface area contributed by atoms with Crippen molar-refractivity contribution in [1.82, 2.24) is 10.2 Å². The Bertz CT molecular complexity index is 578. The van der Waals surface area contributed by atoms with Crippen molar-refractivity contribution in [3.8, 4) is 0 Å². The number of rotatable bonds is 2. The molecular weight excluding hydrogens is 284 g/mol. The Morgan fingerprint density at radius 2 is 1.86 bits per heavy atom. The van der Waals surface area contributed by atoms with Crippen molar-refractivity contribution < 1.29 is 19.1 Å². The van der Waals surface area contributed by atoms with Crippen molar-refractivity contribution >= 4 is 17.9 Å². The number of amides is 3. The minimum atomic E-state index is -0.694. The Kier molecular flexibility index (Phi) is 4.49. The minimum Gasteiger partial charge on any atom is -0.443 e. The van der Waals surface area contributed by atoms with Crippen molar-refractivity contribution in [2.75, 3.05) is 6.54 Å². The second-order valence-electron chi connectivity index (χ2n) is 6.15. The average molecular weight is 304 g/mol. The quantitative estimate of drug-likeness (QED) is 0.906. The molecule has 1 unspecified atom stereocenters. The van der Waals surface area contributed by atoms with Gasteiger partial charge in [0.25, 0.3) is 11.8 Å². The van der Waals surface area contributed by atoms with E-state index in [1.165, 1.54) is 0 Å². The molecular formula is C16H20N2O4. The zero-order valence-corrected chi connectivity index (χ0v) is 13.0. The average Bonchev–Trinajstić information content (AvgIpc) is 2.79. The summed E-state index contributed by atoms with van der Waals surface area (Å²) in [7, 11) is 0. The lowest BCUT2D eigenvalue weighted by Crippen LogP contribution is -2.44. The van der Waals surface area contributed by atoms with Gasteiger partial charge >= 0.3 is 6.09 Å². The first-order valence-corrected chi connectivity index (χ1v) is 7.18. The Morgan fingerprint density at radius 1 is 1.23 bits per heavy atom. The number of ether oxygens (including phenoxy) is 1. The summed E-state index contributed by atoms with van der Waals surface area (Å²) in [5, 5.41) is 2.65.